The highest BCUT2D eigenvalue weighted by Crippen LogP contribution is 2.31. The Bertz CT molecular complexity index is 890. The highest BCUT2D eigenvalue weighted by atomic mass is 79.9. The topological polar surface area (TPSA) is 58.6 Å². The van der Waals surface area contributed by atoms with Crippen LogP contribution >= 0.6 is 27.5 Å². The second kappa shape index (κ2) is 6.56. The Morgan fingerprint density at radius 3 is 2.78 bits per heavy atom. The van der Waals surface area contributed by atoms with E-state index in [1.165, 1.54) is 6.21 Å². The third-order valence-corrected chi connectivity index (χ3v) is 4.15. The van der Waals surface area contributed by atoms with Crippen molar-refractivity contribution in [1.82, 2.24) is 4.98 Å². The molecule has 0 aliphatic rings. The van der Waals surface area contributed by atoms with Crippen LogP contribution in [0.15, 0.2) is 56.3 Å². The fourth-order valence-corrected chi connectivity index (χ4v) is 2.73. The van der Waals surface area contributed by atoms with Gasteiger partial charge in [-0.1, -0.05) is 23.7 Å². The predicted octanol–water partition coefficient (Wildman–Crippen LogP) is 5.52. The number of hydrogen-bond acceptors (Lipinski definition) is 4. The Balaban J connectivity index is 1.93. The molecule has 0 saturated carbocycles. The first-order chi connectivity index (χ1) is 11.0. The van der Waals surface area contributed by atoms with Crippen molar-refractivity contribution in [3.63, 3.8) is 0 Å². The average Bonchev–Trinajstić information content (AvgIpc) is 2.88. The summed E-state index contributed by atoms with van der Waals surface area (Å²) in [5, 5.41) is 10.6. The van der Waals surface area contributed by atoms with Gasteiger partial charge in [-0.25, -0.2) is 4.98 Å². The summed E-state index contributed by atoms with van der Waals surface area (Å²) < 4.78 is 6.15. The maximum atomic E-state index is 9.92. The van der Waals surface area contributed by atoms with Crippen molar-refractivity contribution in [1.29, 1.82) is 0 Å². The Hall–Kier alpha value is -2.11. The minimum absolute atomic E-state index is 0.269. The number of hydrogen-bond donors (Lipinski definition) is 1. The summed E-state index contributed by atoms with van der Waals surface area (Å²) in [6, 6.07) is 12.9. The van der Waals surface area contributed by atoms with E-state index >= 15 is 0 Å². The number of rotatable bonds is 3. The molecule has 1 heterocycles. The first-order valence-electron chi connectivity index (χ1n) is 6.79. The normalized spacial score (nSPS) is 11.3. The van der Waals surface area contributed by atoms with E-state index < -0.39 is 0 Å². The third kappa shape index (κ3) is 3.46. The Morgan fingerprint density at radius 2 is 2.04 bits per heavy atom. The molecule has 2 aromatic carbocycles. The molecule has 0 amide bonds. The molecule has 0 radical (unpaired) electrons. The zero-order valence-electron chi connectivity index (χ0n) is 12.1. The maximum Gasteiger partial charge on any atom is 0.312 e. The lowest BCUT2D eigenvalue weighted by atomic mass is 10.2. The van der Waals surface area contributed by atoms with Crippen LogP contribution in [-0.4, -0.2) is 16.3 Å². The van der Waals surface area contributed by atoms with Gasteiger partial charge in [0.15, 0.2) is 5.69 Å². The quantitative estimate of drug-likeness (QED) is 0.598. The molecule has 0 bridgehead atoms. The zero-order chi connectivity index (χ0) is 16.4. The lowest BCUT2D eigenvalue weighted by Gasteiger charge is -1.99. The van der Waals surface area contributed by atoms with E-state index in [2.05, 4.69) is 25.9 Å². The summed E-state index contributed by atoms with van der Waals surface area (Å²) in [5.74, 6) is 0.0513. The van der Waals surface area contributed by atoms with Gasteiger partial charge in [0.05, 0.1) is 17.5 Å². The molecule has 6 heteroatoms. The van der Waals surface area contributed by atoms with Crippen LogP contribution in [0, 0.1) is 6.92 Å². The summed E-state index contributed by atoms with van der Waals surface area (Å²) in [6.07, 6.45) is 1.47. The highest BCUT2D eigenvalue weighted by Gasteiger charge is 2.14. The summed E-state index contributed by atoms with van der Waals surface area (Å²) in [6.45, 7) is 1.91. The second-order valence-corrected chi connectivity index (χ2v) is 6.17. The molecule has 0 aliphatic carbocycles. The van der Waals surface area contributed by atoms with E-state index in [4.69, 9.17) is 16.0 Å². The van der Waals surface area contributed by atoms with Crippen molar-refractivity contribution >= 4 is 39.4 Å². The molecule has 3 aromatic rings. The number of aliphatic imine (C=N–C) groups is 1. The van der Waals surface area contributed by atoms with Crippen molar-refractivity contribution in [2.45, 2.75) is 6.92 Å². The maximum absolute atomic E-state index is 9.92. The van der Waals surface area contributed by atoms with E-state index in [1.807, 2.05) is 37.3 Å². The standard InChI is InChI=1S/C17H12BrClN2O2/c1-10-8-11(19)6-7-14(10)20-9-15-17(22)23-16(21-15)12-4-2-3-5-13(12)18/h2-9,22H,1H3. The van der Waals surface area contributed by atoms with Crippen molar-refractivity contribution in [3.05, 3.63) is 63.2 Å². The molecule has 0 unspecified atom stereocenters. The van der Waals surface area contributed by atoms with E-state index in [9.17, 15) is 5.11 Å². The summed E-state index contributed by atoms with van der Waals surface area (Å²) in [4.78, 5) is 8.61. The molecule has 0 fully saturated rings. The van der Waals surface area contributed by atoms with Crippen LogP contribution in [0.2, 0.25) is 5.02 Å². The lowest BCUT2D eigenvalue weighted by molar-refractivity contribution is 0.337. The number of aryl methyl sites for hydroxylation is 1. The smallest absolute Gasteiger partial charge is 0.312 e. The summed E-state index contributed by atoms with van der Waals surface area (Å²) in [5.41, 5.74) is 2.71. The zero-order valence-corrected chi connectivity index (χ0v) is 14.5. The molecular formula is C17H12BrClN2O2. The largest absolute Gasteiger partial charge is 0.479 e. The van der Waals surface area contributed by atoms with Gasteiger partial charge >= 0.3 is 5.95 Å². The molecule has 23 heavy (non-hydrogen) atoms. The molecule has 0 aliphatic heterocycles. The molecule has 0 saturated heterocycles. The Labute approximate surface area is 146 Å². The van der Waals surface area contributed by atoms with E-state index in [0.717, 1.165) is 21.3 Å². The Kier molecular flexibility index (Phi) is 4.50. The number of halogens is 2. The Morgan fingerprint density at radius 1 is 1.26 bits per heavy atom. The first kappa shape index (κ1) is 15.8. The van der Waals surface area contributed by atoms with Crippen LogP contribution in [0.3, 0.4) is 0 Å². The number of nitrogens with zero attached hydrogens (tertiary/aromatic N) is 2. The first-order valence-corrected chi connectivity index (χ1v) is 7.96. The van der Waals surface area contributed by atoms with E-state index in [0.29, 0.717) is 10.9 Å². The third-order valence-electron chi connectivity index (χ3n) is 3.22. The summed E-state index contributed by atoms with van der Waals surface area (Å²) >= 11 is 9.35. The van der Waals surface area contributed by atoms with Gasteiger partial charge in [-0.05, 0) is 58.7 Å². The summed E-state index contributed by atoms with van der Waals surface area (Å²) in [7, 11) is 0. The van der Waals surface area contributed by atoms with E-state index in [-0.39, 0.29) is 11.6 Å². The molecule has 4 nitrogen and oxygen atoms in total. The van der Waals surface area contributed by atoms with Gasteiger partial charge in [0.2, 0.25) is 5.89 Å². The van der Waals surface area contributed by atoms with Crippen molar-refractivity contribution in [3.8, 4) is 17.4 Å². The molecule has 116 valence electrons. The van der Waals surface area contributed by atoms with Gasteiger partial charge in [0.25, 0.3) is 0 Å². The minimum Gasteiger partial charge on any atom is -0.479 e. The van der Waals surface area contributed by atoms with Crippen molar-refractivity contribution < 1.29 is 9.52 Å². The van der Waals surface area contributed by atoms with Crippen molar-refractivity contribution in [2.75, 3.05) is 0 Å². The van der Waals surface area contributed by atoms with Gasteiger partial charge in [0, 0.05) is 9.50 Å². The molecular weight excluding hydrogens is 380 g/mol. The average molecular weight is 392 g/mol. The minimum atomic E-state index is -0.272. The van der Waals surface area contributed by atoms with Crippen LogP contribution in [0.4, 0.5) is 5.69 Å². The molecule has 1 N–H and O–H groups in total. The molecule has 3 rings (SSSR count). The SMILES string of the molecule is Cc1cc(Cl)ccc1N=Cc1nc(-c2ccccc2Br)oc1O. The van der Waals surface area contributed by atoms with Crippen LogP contribution in [0.25, 0.3) is 11.5 Å². The van der Waals surface area contributed by atoms with Crippen LogP contribution in [0.5, 0.6) is 5.95 Å². The van der Waals surface area contributed by atoms with Gasteiger partial charge in [-0.2, -0.15) is 0 Å². The van der Waals surface area contributed by atoms with E-state index in [1.54, 1.807) is 12.1 Å². The number of aromatic hydroxyl groups is 1. The molecule has 1 aromatic heterocycles. The number of oxazole rings is 1. The van der Waals surface area contributed by atoms with Crippen LogP contribution in [0.1, 0.15) is 11.3 Å². The molecule has 0 spiro atoms. The van der Waals surface area contributed by atoms with Crippen LogP contribution in [-0.2, 0) is 0 Å². The fourth-order valence-electron chi connectivity index (χ4n) is 2.05. The van der Waals surface area contributed by atoms with Gasteiger partial charge in [-0.15, -0.1) is 0 Å². The lowest BCUT2D eigenvalue weighted by Crippen LogP contribution is -1.84. The van der Waals surface area contributed by atoms with Crippen LogP contribution < -0.4 is 0 Å². The monoisotopic (exact) mass is 390 g/mol. The number of aromatic nitrogens is 1. The van der Waals surface area contributed by atoms with Gasteiger partial charge < -0.3 is 9.52 Å². The number of benzene rings is 2. The highest BCUT2D eigenvalue weighted by molar-refractivity contribution is 9.10. The predicted molar refractivity (Wildman–Crippen MR) is 94.7 cm³/mol. The second-order valence-electron chi connectivity index (χ2n) is 4.88. The van der Waals surface area contributed by atoms with Gasteiger partial charge in [-0.3, -0.25) is 4.99 Å². The van der Waals surface area contributed by atoms with Crippen molar-refractivity contribution in [2.24, 2.45) is 4.99 Å². The van der Waals surface area contributed by atoms with Gasteiger partial charge in [0.1, 0.15) is 0 Å². The molecule has 0 atom stereocenters. The fraction of sp³-hybridized carbons (Fsp3) is 0.0588.